The van der Waals surface area contributed by atoms with Gasteiger partial charge in [-0.15, -0.1) is 0 Å². The Bertz CT molecular complexity index is 981. The number of para-hydroxylation sites is 1. The minimum Gasteiger partial charge on any atom is -0.355 e. The molecule has 1 unspecified atom stereocenters. The van der Waals surface area contributed by atoms with Gasteiger partial charge in [-0.3, -0.25) is 13.9 Å². The normalized spacial score (nSPS) is 12.1. The van der Waals surface area contributed by atoms with Crippen molar-refractivity contribution in [1.29, 1.82) is 0 Å². The maximum Gasteiger partial charge on any atom is 0.242 e. The van der Waals surface area contributed by atoms with Crippen LogP contribution in [0.15, 0.2) is 60.7 Å². The summed E-state index contributed by atoms with van der Waals surface area (Å²) in [6, 6.07) is 18.1. The summed E-state index contributed by atoms with van der Waals surface area (Å²) in [5.74, 6) is -0.311. The highest BCUT2D eigenvalue weighted by molar-refractivity contribution is 7.92. The molecule has 2 aromatic rings. The van der Waals surface area contributed by atoms with Gasteiger partial charge in [0.05, 0.1) is 11.9 Å². The molecule has 0 heterocycles. The van der Waals surface area contributed by atoms with E-state index in [0.717, 1.165) is 11.8 Å². The summed E-state index contributed by atoms with van der Waals surface area (Å²) in [6.45, 7) is 4.86. The maximum absolute atomic E-state index is 13.2. The standard InChI is InChI=1S/C25H35N3O4S/c1-4-23(25(30)26-5-2)27(20-18-21-13-8-6-9-14-21)24(29)17-12-19-28(33(3,31)32)22-15-10-7-11-16-22/h6-11,13-16,23H,4-5,12,17-20H2,1-3H3,(H,26,30). The number of hydrogen-bond donors (Lipinski definition) is 1. The fraction of sp³-hybridized carbons (Fsp3) is 0.440. The van der Waals surface area contributed by atoms with Crippen LogP contribution in [-0.2, 0) is 26.0 Å². The van der Waals surface area contributed by atoms with Crippen molar-refractivity contribution in [3.05, 3.63) is 66.2 Å². The van der Waals surface area contributed by atoms with E-state index in [4.69, 9.17) is 0 Å². The highest BCUT2D eigenvalue weighted by Gasteiger charge is 2.28. The predicted molar refractivity (Wildman–Crippen MR) is 132 cm³/mol. The molecule has 0 saturated heterocycles. The Hall–Kier alpha value is -2.87. The monoisotopic (exact) mass is 473 g/mol. The maximum atomic E-state index is 13.2. The van der Waals surface area contributed by atoms with Crippen LogP contribution in [0.2, 0.25) is 0 Å². The molecule has 0 bridgehead atoms. The molecule has 2 rings (SSSR count). The van der Waals surface area contributed by atoms with Crippen molar-refractivity contribution < 1.29 is 18.0 Å². The highest BCUT2D eigenvalue weighted by Crippen LogP contribution is 2.18. The van der Waals surface area contributed by atoms with Crippen LogP contribution < -0.4 is 9.62 Å². The summed E-state index contributed by atoms with van der Waals surface area (Å²) in [5, 5.41) is 2.83. The molecule has 0 radical (unpaired) electrons. The number of likely N-dealkylation sites (N-methyl/N-ethyl adjacent to an activating group) is 1. The number of rotatable bonds is 13. The lowest BCUT2D eigenvalue weighted by atomic mass is 10.1. The number of amides is 2. The Morgan fingerprint density at radius 3 is 2.09 bits per heavy atom. The second kappa shape index (κ2) is 13.0. The highest BCUT2D eigenvalue weighted by atomic mass is 32.2. The lowest BCUT2D eigenvalue weighted by Gasteiger charge is -2.31. The van der Waals surface area contributed by atoms with Crippen LogP contribution in [0.1, 0.15) is 38.7 Å². The third-order valence-electron chi connectivity index (χ3n) is 5.42. The van der Waals surface area contributed by atoms with Gasteiger partial charge in [0, 0.05) is 26.1 Å². The lowest BCUT2D eigenvalue weighted by molar-refractivity contribution is -0.140. The number of nitrogens with zero attached hydrogens (tertiary/aromatic N) is 2. The molecule has 7 nitrogen and oxygen atoms in total. The fourth-order valence-corrected chi connectivity index (χ4v) is 4.75. The van der Waals surface area contributed by atoms with Gasteiger partial charge in [0.1, 0.15) is 6.04 Å². The molecule has 0 aliphatic heterocycles. The summed E-state index contributed by atoms with van der Waals surface area (Å²) in [6.07, 6.45) is 2.82. The largest absolute Gasteiger partial charge is 0.355 e. The van der Waals surface area contributed by atoms with E-state index in [2.05, 4.69) is 5.32 Å². The lowest BCUT2D eigenvalue weighted by Crippen LogP contribution is -2.50. The van der Waals surface area contributed by atoms with E-state index < -0.39 is 16.1 Å². The number of sulfonamides is 1. The minimum atomic E-state index is -3.48. The van der Waals surface area contributed by atoms with Crippen molar-refractivity contribution in [3.63, 3.8) is 0 Å². The van der Waals surface area contributed by atoms with Gasteiger partial charge in [-0.05, 0) is 43.9 Å². The molecule has 1 N–H and O–H groups in total. The summed E-state index contributed by atoms with van der Waals surface area (Å²) < 4.78 is 25.9. The third-order valence-corrected chi connectivity index (χ3v) is 6.61. The minimum absolute atomic E-state index is 0.148. The van der Waals surface area contributed by atoms with Crippen molar-refractivity contribution in [2.24, 2.45) is 0 Å². The molecule has 2 amide bonds. The molecule has 180 valence electrons. The van der Waals surface area contributed by atoms with E-state index in [-0.39, 0.29) is 24.8 Å². The second-order valence-electron chi connectivity index (χ2n) is 7.92. The summed E-state index contributed by atoms with van der Waals surface area (Å²) in [4.78, 5) is 27.5. The molecule has 8 heteroatoms. The van der Waals surface area contributed by atoms with Crippen molar-refractivity contribution in [1.82, 2.24) is 10.2 Å². The van der Waals surface area contributed by atoms with Gasteiger partial charge in [0.25, 0.3) is 0 Å². The third kappa shape index (κ3) is 8.20. The van der Waals surface area contributed by atoms with E-state index in [0.29, 0.717) is 38.0 Å². The van der Waals surface area contributed by atoms with Crippen LogP contribution in [0.25, 0.3) is 0 Å². The van der Waals surface area contributed by atoms with Crippen molar-refractivity contribution in [2.75, 3.05) is 30.2 Å². The molecule has 33 heavy (non-hydrogen) atoms. The molecule has 1 atom stereocenters. The SMILES string of the molecule is CCNC(=O)C(CC)N(CCc1ccccc1)C(=O)CCCN(c1ccccc1)S(C)(=O)=O. The van der Waals surface area contributed by atoms with Gasteiger partial charge in [-0.25, -0.2) is 8.42 Å². The summed E-state index contributed by atoms with van der Waals surface area (Å²) >= 11 is 0. The number of hydrogen-bond acceptors (Lipinski definition) is 4. The first-order valence-corrected chi connectivity index (χ1v) is 13.3. The summed E-state index contributed by atoms with van der Waals surface area (Å²) in [5.41, 5.74) is 1.66. The van der Waals surface area contributed by atoms with Crippen molar-refractivity contribution in [3.8, 4) is 0 Å². The van der Waals surface area contributed by atoms with Crippen molar-refractivity contribution in [2.45, 2.75) is 45.6 Å². The number of anilines is 1. The number of carbonyl (C=O) groups is 2. The van der Waals surface area contributed by atoms with Crippen molar-refractivity contribution >= 4 is 27.5 Å². The Kier molecular flexibility index (Phi) is 10.4. The van der Waals surface area contributed by atoms with Crippen LogP contribution >= 0.6 is 0 Å². The van der Waals surface area contributed by atoms with E-state index in [1.807, 2.05) is 50.2 Å². The molecule has 0 fully saturated rings. The molecule has 0 aromatic heterocycles. The molecule has 0 spiro atoms. The molecular formula is C25H35N3O4S. The zero-order valence-corrected chi connectivity index (χ0v) is 20.6. The van der Waals surface area contributed by atoms with Gasteiger partial charge < -0.3 is 10.2 Å². The average molecular weight is 474 g/mol. The van der Waals surface area contributed by atoms with E-state index in [1.165, 1.54) is 4.31 Å². The van der Waals surface area contributed by atoms with Gasteiger partial charge >= 0.3 is 0 Å². The Morgan fingerprint density at radius 2 is 1.55 bits per heavy atom. The van der Waals surface area contributed by atoms with Crippen LogP contribution in [0, 0.1) is 0 Å². The van der Waals surface area contributed by atoms with E-state index in [9.17, 15) is 18.0 Å². The Balaban J connectivity index is 2.11. The summed E-state index contributed by atoms with van der Waals surface area (Å²) in [7, 11) is -3.48. The quantitative estimate of drug-likeness (QED) is 0.484. The van der Waals surface area contributed by atoms with E-state index >= 15 is 0 Å². The smallest absolute Gasteiger partial charge is 0.242 e. The molecule has 2 aromatic carbocycles. The van der Waals surface area contributed by atoms with Gasteiger partial charge in [-0.1, -0.05) is 55.5 Å². The van der Waals surface area contributed by atoms with Crippen LogP contribution in [0.3, 0.4) is 0 Å². The van der Waals surface area contributed by atoms with E-state index in [1.54, 1.807) is 29.2 Å². The first-order chi connectivity index (χ1) is 15.8. The Morgan fingerprint density at radius 1 is 0.939 bits per heavy atom. The topological polar surface area (TPSA) is 86.8 Å². The number of benzene rings is 2. The van der Waals surface area contributed by atoms with Crippen LogP contribution in [-0.4, -0.2) is 57.1 Å². The first kappa shape index (κ1) is 26.4. The average Bonchev–Trinajstić information content (AvgIpc) is 2.79. The van der Waals surface area contributed by atoms with Crippen LogP contribution in [0.5, 0.6) is 0 Å². The zero-order chi connectivity index (χ0) is 24.3. The van der Waals surface area contributed by atoms with Crippen LogP contribution in [0.4, 0.5) is 5.69 Å². The molecule has 0 aliphatic rings. The number of carbonyl (C=O) groups excluding carboxylic acids is 2. The fourth-order valence-electron chi connectivity index (χ4n) is 3.79. The van der Waals surface area contributed by atoms with Gasteiger partial charge in [0.15, 0.2) is 0 Å². The molecule has 0 saturated carbocycles. The predicted octanol–water partition coefficient (Wildman–Crippen LogP) is 3.22. The molecule has 0 aliphatic carbocycles. The Labute approximate surface area is 197 Å². The number of nitrogens with one attached hydrogen (secondary N) is 1. The first-order valence-electron chi connectivity index (χ1n) is 11.4. The zero-order valence-electron chi connectivity index (χ0n) is 19.7. The second-order valence-corrected chi connectivity index (χ2v) is 9.82. The van der Waals surface area contributed by atoms with Gasteiger partial charge in [-0.2, -0.15) is 0 Å². The molecular weight excluding hydrogens is 438 g/mol. The van der Waals surface area contributed by atoms with Gasteiger partial charge in [0.2, 0.25) is 21.8 Å².